The first-order chi connectivity index (χ1) is 7.69. The maximum Gasteiger partial charge on any atom is 0.221 e. The number of aryl methyl sites for hydroxylation is 2. The summed E-state index contributed by atoms with van der Waals surface area (Å²) in [6, 6.07) is 2.34. The number of hydrogen-bond donors (Lipinski definition) is 2. The van der Waals surface area contributed by atoms with E-state index in [9.17, 15) is 4.79 Å². The predicted molar refractivity (Wildman–Crippen MR) is 60.9 cm³/mol. The Morgan fingerprint density at radius 1 is 1.69 bits per heavy atom. The van der Waals surface area contributed by atoms with Crippen molar-refractivity contribution in [3.63, 3.8) is 0 Å². The Morgan fingerprint density at radius 2 is 2.50 bits per heavy atom. The van der Waals surface area contributed by atoms with Gasteiger partial charge in [-0.3, -0.25) is 9.48 Å². The van der Waals surface area contributed by atoms with Crippen molar-refractivity contribution in [3.05, 3.63) is 17.5 Å². The fourth-order valence-electron chi connectivity index (χ4n) is 2.01. The lowest BCUT2D eigenvalue weighted by Crippen LogP contribution is -2.31. The van der Waals surface area contributed by atoms with Crippen LogP contribution in [0.3, 0.4) is 0 Å². The van der Waals surface area contributed by atoms with Crippen molar-refractivity contribution >= 4 is 5.91 Å². The minimum atomic E-state index is 0.137. The Morgan fingerprint density at radius 3 is 3.12 bits per heavy atom. The van der Waals surface area contributed by atoms with E-state index in [-0.39, 0.29) is 11.9 Å². The van der Waals surface area contributed by atoms with Gasteiger partial charge in [0, 0.05) is 32.1 Å². The Balaban J connectivity index is 1.91. The maximum atomic E-state index is 11.0. The van der Waals surface area contributed by atoms with Crippen molar-refractivity contribution < 1.29 is 4.79 Å². The zero-order valence-corrected chi connectivity index (χ0v) is 9.79. The molecule has 1 saturated heterocycles. The largest absolute Gasteiger partial charge is 0.354 e. The molecule has 0 radical (unpaired) electrons. The molecule has 0 spiro atoms. The number of carbonyl (C=O) groups is 1. The topological polar surface area (TPSA) is 59.0 Å². The van der Waals surface area contributed by atoms with E-state index in [4.69, 9.17) is 0 Å². The van der Waals surface area contributed by atoms with Gasteiger partial charge in [-0.1, -0.05) is 0 Å². The summed E-state index contributed by atoms with van der Waals surface area (Å²) in [6.07, 6.45) is 0.583. The van der Waals surface area contributed by atoms with Crippen molar-refractivity contribution in [1.82, 2.24) is 20.4 Å². The molecule has 2 heterocycles. The van der Waals surface area contributed by atoms with Gasteiger partial charge in [0.25, 0.3) is 0 Å². The molecule has 1 aromatic heterocycles. The molecule has 5 heteroatoms. The first kappa shape index (κ1) is 11.1. The van der Waals surface area contributed by atoms with E-state index in [1.807, 2.05) is 11.6 Å². The van der Waals surface area contributed by atoms with Crippen LogP contribution in [0.5, 0.6) is 0 Å². The minimum absolute atomic E-state index is 0.137. The van der Waals surface area contributed by atoms with Crippen molar-refractivity contribution in [1.29, 1.82) is 0 Å². The molecule has 1 aliphatic heterocycles. The van der Waals surface area contributed by atoms with Gasteiger partial charge in [0.2, 0.25) is 5.91 Å². The van der Waals surface area contributed by atoms with Crippen molar-refractivity contribution in [3.8, 4) is 0 Å². The van der Waals surface area contributed by atoms with Gasteiger partial charge in [0.05, 0.1) is 11.4 Å². The fourth-order valence-corrected chi connectivity index (χ4v) is 2.01. The van der Waals surface area contributed by atoms with Gasteiger partial charge in [0.1, 0.15) is 0 Å². The molecule has 2 rings (SSSR count). The molecule has 0 aromatic carbocycles. The maximum absolute atomic E-state index is 11.0. The van der Waals surface area contributed by atoms with E-state index in [1.165, 1.54) is 5.69 Å². The summed E-state index contributed by atoms with van der Waals surface area (Å²) in [7, 11) is 0. The molecule has 16 heavy (non-hydrogen) atoms. The Labute approximate surface area is 95.2 Å². The van der Waals surface area contributed by atoms with Crippen molar-refractivity contribution in [2.75, 3.05) is 6.54 Å². The quantitative estimate of drug-likeness (QED) is 0.764. The third-order valence-corrected chi connectivity index (χ3v) is 2.83. The zero-order chi connectivity index (χ0) is 11.5. The van der Waals surface area contributed by atoms with Crippen LogP contribution in [0.25, 0.3) is 0 Å². The number of nitrogens with one attached hydrogen (secondary N) is 2. The molecule has 1 atom stereocenters. The number of nitrogens with zero attached hydrogens (tertiary/aromatic N) is 2. The van der Waals surface area contributed by atoms with Gasteiger partial charge in [0.15, 0.2) is 0 Å². The average molecular weight is 222 g/mol. The highest BCUT2D eigenvalue weighted by Gasteiger charge is 2.20. The van der Waals surface area contributed by atoms with Crippen molar-refractivity contribution in [2.45, 2.75) is 39.4 Å². The zero-order valence-electron chi connectivity index (χ0n) is 9.79. The molecular formula is C11H18N4O. The van der Waals surface area contributed by atoms with Crippen molar-refractivity contribution in [2.24, 2.45) is 0 Å². The van der Waals surface area contributed by atoms with Gasteiger partial charge in [-0.2, -0.15) is 5.10 Å². The van der Waals surface area contributed by atoms with E-state index < -0.39 is 0 Å². The molecule has 5 nitrogen and oxygen atoms in total. The van der Waals surface area contributed by atoms with Gasteiger partial charge in [-0.25, -0.2) is 0 Å². The van der Waals surface area contributed by atoms with Crippen LogP contribution in [0.15, 0.2) is 6.07 Å². The minimum Gasteiger partial charge on any atom is -0.354 e. The predicted octanol–water partition coefficient (Wildman–Crippen LogP) is 0.190. The second-order valence-electron chi connectivity index (χ2n) is 4.18. The van der Waals surface area contributed by atoms with E-state index in [1.54, 1.807) is 0 Å². The molecule has 1 aromatic rings. The second kappa shape index (κ2) is 4.65. The second-order valence-corrected chi connectivity index (χ2v) is 4.18. The summed E-state index contributed by atoms with van der Waals surface area (Å²) in [5, 5.41) is 10.6. The highest BCUT2D eigenvalue weighted by atomic mass is 16.1. The van der Waals surface area contributed by atoms with Crippen LogP contribution in [-0.2, 0) is 17.9 Å². The molecule has 1 unspecified atom stereocenters. The highest BCUT2D eigenvalue weighted by Crippen LogP contribution is 2.05. The summed E-state index contributed by atoms with van der Waals surface area (Å²) in [6.45, 7) is 6.46. The molecule has 1 fully saturated rings. The molecule has 0 saturated carbocycles. The smallest absolute Gasteiger partial charge is 0.221 e. The summed E-state index contributed by atoms with van der Waals surface area (Å²) in [4.78, 5) is 11.0. The highest BCUT2D eigenvalue weighted by molar-refractivity contribution is 5.78. The van der Waals surface area contributed by atoms with Crippen LogP contribution in [0.4, 0.5) is 0 Å². The van der Waals surface area contributed by atoms with Crippen LogP contribution < -0.4 is 10.6 Å². The SMILES string of the molecule is CCn1nc(C)cc1CNC1CNC(=O)C1. The monoisotopic (exact) mass is 222 g/mol. The Kier molecular flexibility index (Phi) is 3.24. The molecule has 0 bridgehead atoms. The average Bonchev–Trinajstić information content (AvgIpc) is 2.81. The third-order valence-electron chi connectivity index (χ3n) is 2.83. The van der Waals surface area contributed by atoms with Gasteiger partial charge < -0.3 is 10.6 Å². The fraction of sp³-hybridized carbons (Fsp3) is 0.636. The number of aromatic nitrogens is 2. The number of rotatable bonds is 4. The van der Waals surface area contributed by atoms with Crippen LogP contribution in [-0.4, -0.2) is 28.3 Å². The Bertz CT molecular complexity index is 385. The molecule has 1 aliphatic rings. The molecular weight excluding hydrogens is 204 g/mol. The van der Waals surface area contributed by atoms with E-state index in [0.29, 0.717) is 6.42 Å². The third kappa shape index (κ3) is 2.41. The summed E-state index contributed by atoms with van der Waals surface area (Å²) in [5.74, 6) is 0.137. The summed E-state index contributed by atoms with van der Waals surface area (Å²) >= 11 is 0. The van der Waals surface area contributed by atoms with Crippen LogP contribution in [0.2, 0.25) is 0 Å². The van der Waals surface area contributed by atoms with E-state index in [2.05, 4.69) is 28.7 Å². The normalized spacial score (nSPS) is 20.1. The summed E-state index contributed by atoms with van der Waals surface area (Å²) in [5.41, 5.74) is 2.22. The van der Waals surface area contributed by atoms with E-state index in [0.717, 1.165) is 25.3 Å². The van der Waals surface area contributed by atoms with Gasteiger partial charge in [-0.15, -0.1) is 0 Å². The number of amides is 1. The van der Waals surface area contributed by atoms with Crippen LogP contribution >= 0.6 is 0 Å². The Hall–Kier alpha value is -1.36. The van der Waals surface area contributed by atoms with Gasteiger partial charge in [-0.05, 0) is 19.9 Å². The lowest BCUT2D eigenvalue weighted by molar-refractivity contribution is -0.119. The van der Waals surface area contributed by atoms with E-state index >= 15 is 0 Å². The summed E-state index contributed by atoms with van der Waals surface area (Å²) < 4.78 is 1.99. The molecule has 88 valence electrons. The lowest BCUT2D eigenvalue weighted by atomic mass is 10.2. The molecule has 1 amide bonds. The standard InChI is InChI=1S/C11H18N4O/c1-3-15-10(4-8(2)14-15)7-12-9-5-11(16)13-6-9/h4,9,12H,3,5-7H2,1-2H3,(H,13,16). The number of hydrogen-bond acceptors (Lipinski definition) is 3. The van der Waals surface area contributed by atoms with Crippen LogP contribution in [0.1, 0.15) is 24.7 Å². The first-order valence-electron chi connectivity index (χ1n) is 5.72. The molecule has 0 aliphatic carbocycles. The lowest BCUT2D eigenvalue weighted by Gasteiger charge is -2.10. The number of carbonyl (C=O) groups excluding carboxylic acids is 1. The van der Waals surface area contributed by atoms with Crippen LogP contribution in [0, 0.1) is 6.92 Å². The van der Waals surface area contributed by atoms with Gasteiger partial charge >= 0.3 is 0 Å². The molecule has 2 N–H and O–H groups in total. The first-order valence-corrected chi connectivity index (χ1v) is 5.72.